The van der Waals surface area contributed by atoms with E-state index in [0.29, 0.717) is 0 Å². The minimum atomic E-state index is -1.77. The Morgan fingerprint density at radius 1 is 1.18 bits per heavy atom. The summed E-state index contributed by atoms with van der Waals surface area (Å²) >= 11 is 0. The van der Waals surface area contributed by atoms with Crippen LogP contribution in [0.1, 0.15) is 34.6 Å². The Morgan fingerprint density at radius 3 is 1.94 bits per heavy atom. The van der Waals surface area contributed by atoms with Crippen molar-refractivity contribution in [2.24, 2.45) is 5.92 Å². The van der Waals surface area contributed by atoms with E-state index in [1.807, 2.05) is 13.8 Å². The summed E-state index contributed by atoms with van der Waals surface area (Å²) in [5, 5.41) is 0.185. The van der Waals surface area contributed by atoms with Crippen LogP contribution in [0.3, 0.4) is 0 Å². The van der Waals surface area contributed by atoms with E-state index in [4.69, 9.17) is 9.16 Å². The van der Waals surface area contributed by atoms with Crippen LogP contribution in [0.4, 0.5) is 0 Å². The maximum atomic E-state index is 10.9. The molecule has 0 N–H and O–H groups in total. The molecule has 102 valence electrons. The Hall–Kier alpha value is -0.193. The molecule has 0 aliphatic heterocycles. The van der Waals surface area contributed by atoms with Gasteiger partial charge in [0.15, 0.2) is 8.32 Å². The van der Waals surface area contributed by atoms with Crippen LogP contribution in [0, 0.1) is 5.92 Å². The van der Waals surface area contributed by atoms with Crippen LogP contribution in [0.25, 0.3) is 0 Å². The fourth-order valence-corrected chi connectivity index (χ4v) is 2.91. The molecule has 0 heterocycles. The van der Waals surface area contributed by atoms with Crippen molar-refractivity contribution in [2.75, 3.05) is 7.11 Å². The number of aldehydes is 1. The predicted octanol–water partition coefficient (Wildman–Crippen LogP) is 3.25. The van der Waals surface area contributed by atoms with Crippen molar-refractivity contribution in [3.63, 3.8) is 0 Å². The summed E-state index contributed by atoms with van der Waals surface area (Å²) in [5.74, 6) is 0.0756. The number of rotatable bonds is 6. The van der Waals surface area contributed by atoms with Crippen molar-refractivity contribution in [3.05, 3.63) is 0 Å². The van der Waals surface area contributed by atoms with E-state index in [-0.39, 0.29) is 23.2 Å². The first-order valence-corrected chi connectivity index (χ1v) is 9.13. The molecule has 3 nitrogen and oxygen atoms in total. The summed E-state index contributed by atoms with van der Waals surface area (Å²) in [6, 6.07) is 0. The highest BCUT2D eigenvalue weighted by Gasteiger charge is 2.40. The maximum Gasteiger partial charge on any atom is 0.192 e. The molecule has 0 saturated carbocycles. The van der Waals surface area contributed by atoms with E-state index in [0.717, 1.165) is 6.29 Å². The zero-order valence-corrected chi connectivity index (χ0v) is 13.5. The Balaban J connectivity index is 4.64. The van der Waals surface area contributed by atoms with Gasteiger partial charge in [-0.05, 0) is 25.1 Å². The average molecular weight is 260 g/mol. The molecule has 1 unspecified atom stereocenters. The van der Waals surface area contributed by atoms with Gasteiger partial charge in [0.1, 0.15) is 12.4 Å². The third-order valence-corrected chi connectivity index (χ3v) is 8.53. The Kier molecular flexibility index (Phi) is 6.05. The van der Waals surface area contributed by atoms with Gasteiger partial charge in [-0.2, -0.15) is 0 Å². The largest absolute Gasteiger partial charge is 0.414 e. The van der Waals surface area contributed by atoms with Gasteiger partial charge in [0, 0.05) is 19.1 Å². The molecule has 0 aliphatic rings. The van der Waals surface area contributed by atoms with Crippen LogP contribution in [0.5, 0.6) is 0 Å². The fourth-order valence-electron chi connectivity index (χ4n) is 1.41. The van der Waals surface area contributed by atoms with E-state index in [2.05, 4.69) is 33.9 Å². The lowest BCUT2D eigenvalue weighted by atomic mass is 10.0. The molecule has 0 rings (SSSR count). The smallest absolute Gasteiger partial charge is 0.192 e. The van der Waals surface area contributed by atoms with Crippen molar-refractivity contribution in [2.45, 2.75) is 65.0 Å². The Bertz CT molecular complexity index is 246. The van der Waals surface area contributed by atoms with Gasteiger partial charge in [0.2, 0.25) is 0 Å². The van der Waals surface area contributed by atoms with Crippen molar-refractivity contribution >= 4 is 14.6 Å². The lowest BCUT2D eigenvalue weighted by Gasteiger charge is -2.40. The zero-order chi connectivity index (χ0) is 13.9. The minimum Gasteiger partial charge on any atom is -0.414 e. The molecule has 0 spiro atoms. The maximum absolute atomic E-state index is 10.9. The second kappa shape index (κ2) is 6.11. The molecule has 0 aliphatic carbocycles. The van der Waals surface area contributed by atoms with Crippen molar-refractivity contribution in [1.29, 1.82) is 0 Å². The van der Waals surface area contributed by atoms with Gasteiger partial charge < -0.3 is 14.0 Å². The standard InChI is InChI=1S/C13H28O3Si/c1-10(12(9-14)15-6)11(2)16-17(7,8)13(3,4)5/h9-12H,1-8H3/t10-,11?,12-/m0/s1. The highest BCUT2D eigenvalue weighted by Crippen LogP contribution is 2.38. The highest BCUT2D eigenvalue weighted by atomic mass is 28.4. The number of hydrogen-bond acceptors (Lipinski definition) is 3. The summed E-state index contributed by atoms with van der Waals surface area (Å²) in [6.07, 6.45) is 0.511. The number of methoxy groups -OCH3 is 1. The van der Waals surface area contributed by atoms with E-state index < -0.39 is 8.32 Å². The van der Waals surface area contributed by atoms with Gasteiger partial charge in [-0.3, -0.25) is 0 Å². The van der Waals surface area contributed by atoms with E-state index >= 15 is 0 Å². The molecule has 4 heteroatoms. The Morgan fingerprint density at radius 2 is 1.65 bits per heavy atom. The average Bonchev–Trinajstić information content (AvgIpc) is 2.16. The fraction of sp³-hybridized carbons (Fsp3) is 0.923. The van der Waals surface area contributed by atoms with Crippen LogP contribution >= 0.6 is 0 Å². The summed E-state index contributed by atoms with van der Waals surface area (Å²) in [4.78, 5) is 10.9. The van der Waals surface area contributed by atoms with Gasteiger partial charge in [-0.15, -0.1) is 0 Å². The van der Waals surface area contributed by atoms with Gasteiger partial charge in [0.25, 0.3) is 0 Å². The molecular weight excluding hydrogens is 232 g/mol. The minimum absolute atomic E-state index is 0.0334. The van der Waals surface area contributed by atoms with Crippen LogP contribution in [0.15, 0.2) is 0 Å². The van der Waals surface area contributed by atoms with E-state index in [9.17, 15) is 4.79 Å². The SMILES string of the molecule is CO[C@@H](C=O)[C@@H](C)C(C)O[Si](C)(C)C(C)(C)C. The molecule has 17 heavy (non-hydrogen) atoms. The van der Waals surface area contributed by atoms with Crippen molar-refractivity contribution < 1.29 is 14.0 Å². The first-order valence-electron chi connectivity index (χ1n) is 6.22. The number of carbonyl (C=O) groups is 1. The zero-order valence-electron chi connectivity index (χ0n) is 12.5. The quantitative estimate of drug-likeness (QED) is 0.543. The van der Waals surface area contributed by atoms with Crippen LogP contribution in [0.2, 0.25) is 18.1 Å². The third-order valence-electron chi connectivity index (χ3n) is 3.95. The molecule has 3 atom stereocenters. The molecule has 0 amide bonds. The van der Waals surface area contributed by atoms with Crippen LogP contribution in [-0.4, -0.2) is 33.9 Å². The number of hydrogen-bond donors (Lipinski definition) is 0. The topological polar surface area (TPSA) is 35.5 Å². The molecule has 0 fully saturated rings. The van der Waals surface area contributed by atoms with E-state index in [1.165, 1.54) is 0 Å². The lowest BCUT2D eigenvalue weighted by molar-refractivity contribution is -0.121. The molecule has 0 aromatic heterocycles. The predicted molar refractivity (Wildman–Crippen MR) is 73.8 cm³/mol. The first kappa shape index (κ1) is 16.8. The van der Waals surface area contributed by atoms with Crippen LogP contribution < -0.4 is 0 Å². The molecule has 0 saturated heterocycles. The summed E-state index contributed by atoms with van der Waals surface area (Å²) < 4.78 is 11.4. The van der Waals surface area contributed by atoms with Gasteiger partial charge in [-0.1, -0.05) is 27.7 Å². The second-order valence-corrected chi connectivity index (χ2v) is 11.0. The third kappa shape index (κ3) is 4.52. The molecular formula is C13H28O3Si. The van der Waals surface area contributed by atoms with E-state index in [1.54, 1.807) is 7.11 Å². The van der Waals surface area contributed by atoms with Crippen molar-refractivity contribution in [3.8, 4) is 0 Å². The molecule has 0 aromatic carbocycles. The van der Waals surface area contributed by atoms with Crippen molar-refractivity contribution in [1.82, 2.24) is 0 Å². The summed E-state index contributed by atoms with van der Waals surface area (Å²) in [5.41, 5.74) is 0. The van der Waals surface area contributed by atoms with Gasteiger partial charge >= 0.3 is 0 Å². The number of carbonyl (C=O) groups excluding carboxylic acids is 1. The molecule has 0 aromatic rings. The van der Waals surface area contributed by atoms with Gasteiger partial charge in [0.05, 0.1) is 0 Å². The highest BCUT2D eigenvalue weighted by molar-refractivity contribution is 6.74. The summed E-state index contributed by atoms with van der Waals surface area (Å²) in [7, 11) is -0.210. The number of ether oxygens (including phenoxy) is 1. The molecule has 0 bridgehead atoms. The Labute approximate surface area is 107 Å². The van der Waals surface area contributed by atoms with Gasteiger partial charge in [-0.25, -0.2) is 0 Å². The molecule has 0 radical (unpaired) electrons. The van der Waals surface area contributed by atoms with Crippen LogP contribution in [-0.2, 0) is 14.0 Å². The first-order chi connectivity index (χ1) is 7.56. The normalized spacial score (nSPS) is 18.6. The lowest BCUT2D eigenvalue weighted by Crippen LogP contribution is -2.46. The second-order valence-electron chi connectivity index (χ2n) is 6.28. The monoisotopic (exact) mass is 260 g/mol. The summed E-state index contributed by atoms with van der Waals surface area (Å²) in [6.45, 7) is 15.1.